The zero-order chi connectivity index (χ0) is 36.9. The smallest absolute Gasteiger partial charge is 0.128 e. The molecule has 0 fully saturated rings. The molecule has 0 heterocycles. The number of hydrogen-bond donors (Lipinski definition) is 2. The zero-order valence-corrected chi connectivity index (χ0v) is 32.5. The molecule has 0 unspecified atom stereocenters. The molecule has 0 aliphatic heterocycles. The van der Waals surface area contributed by atoms with Gasteiger partial charge < -0.3 is 19.7 Å². The second kappa shape index (κ2) is 27.8. The summed E-state index contributed by atoms with van der Waals surface area (Å²) in [5, 5.41) is 21.4. The Hall–Kier alpha value is -3.80. The van der Waals surface area contributed by atoms with Gasteiger partial charge in [0.2, 0.25) is 0 Å². The maximum absolute atomic E-state index is 10.7. The molecule has 6 heteroatoms. The second-order valence-corrected chi connectivity index (χ2v) is 14.2. The zero-order valence-electron chi connectivity index (χ0n) is 32.5. The van der Waals surface area contributed by atoms with Gasteiger partial charge in [0.15, 0.2) is 0 Å². The summed E-state index contributed by atoms with van der Waals surface area (Å²) in [4.78, 5) is 9.46. The SMILES string of the molecule is CCCCCCCCCCCCOc1ccc(C=NC[C@H](N=Cc2ccc(OCCCCCCCCCCCC)cc2O)c2ccccc2)c(O)c1. The Morgan fingerprint density at radius 2 is 0.942 bits per heavy atom. The van der Waals surface area contributed by atoms with Crippen molar-refractivity contribution >= 4 is 12.4 Å². The van der Waals surface area contributed by atoms with Crippen LogP contribution in [-0.4, -0.2) is 42.4 Å². The van der Waals surface area contributed by atoms with E-state index in [-0.39, 0.29) is 17.5 Å². The maximum atomic E-state index is 10.7. The number of nitrogens with zero attached hydrogens (tertiary/aromatic N) is 2. The number of benzene rings is 3. The third-order valence-corrected chi connectivity index (χ3v) is 9.62. The van der Waals surface area contributed by atoms with Crippen LogP contribution in [0, 0.1) is 0 Å². The Labute approximate surface area is 315 Å². The largest absolute Gasteiger partial charge is 0.507 e. The molecular weight excluding hydrogens is 645 g/mol. The molecule has 0 spiro atoms. The van der Waals surface area contributed by atoms with Gasteiger partial charge in [0.1, 0.15) is 23.0 Å². The minimum atomic E-state index is -0.255. The second-order valence-electron chi connectivity index (χ2n) is 14.2. The van der Waals surface area contributed by atoms with E-state index in [4.69, 9.17) is 14.5 Å². The van der Waals surface area contributed by atoms with Crippen LogP contribution >= 0.6 is 0 Å². The normalized spacial score (nSPS) is 12.2. The molecule has 1 atom stereocenters. The molecule has 0 saturated heterocycles. The number of hydrogen-bond acceptors (Lipinski definition) is 6. The lowest BCUT2D eigenvalue weighted by atomic mass is 10.1. The van der Waals surface area contributed by atoms with E-state index in [9.17, 15) is 10.2 Å². The molecule has 2 N–H and O–H groups in total. The van der Waals surface area contributed by atoms with E-state index < -0.39 is 0 Å². The topological polar surface area (TPSA) is 83.6 Å². The van der Waals surface area contributed by atoms with Crippen molar-refractivity contribution in [3.05, 3.63) is 83.4 Å². The Balaban J connectivity index is 1.41. The molecule has 0 aliphatic rings. The van der Waals surface area contributed by atoms with Gasteiger partial charge in [-0.1, -0.05) is 160 Å². The van der Waals surface area contributed by atoms with Crippen molar-refractivity contribution in [2.75, 3.05) is 19.8 Å². The molecule has 6 nitrogen and oxygen atoms in total. The summed E-state index contributed by atoms with van der Waals surface area (Å²) in [5.74, 6) is 1.63. The molecule has 0 amide bonds. The van der Waals surface area contributed by atoms with Crippen LogP contribution < -0.4 is 9.47 Å². The van der Waals surface area contributed by atoms with Crippen LogP contribution in [-0.2, 0) is 0 Å². The average Bonchev–Trinajstić information content (AvgIpc) is 3.16. The highest BCUT2D eigenvalue weighted by Gasteiger charge is 2.10. The van der Waals surface area contributed by atoms with Gasteiger partial charge in [0, 0.05) is 35.7 Å². The first-order valence-corrected chi connectivity index (χ1v) is 20.6. The number of phenolic OH excluding ortho intramolecular Hbond substituents is 2. The first-order valence-electron chi connectivity index (χ1n) is 20.6. The summed E-state index contributed by atoms with van der Waals surface area (Å²) < 4.78 is 11.8. The van der Waals surface area contributed by atoms with E-state index in [2.05, 4.69) is 18.8 Å². The van der Waals surface area contributed by atoms with E-state index in [0.717, 1.165) is 18.4 Å². The van der Waals surface area contributed by atoms with Crippen molar-refractivity contribution in [2.45, 2.75) is 148 Å². The summed E-state index contributed by atoms with van der Waals surface area (Å²) in [7, 11) is 0. The molecule has 0 saturated carbocycles. The summed E-state index contributed by atoms with van der Waals surface area (Å²) in [6.45, 7) is 6.22. The number of ether oxygens (including phenoxy) is 2. The highest BCUT2D eigenvalue weighted by molar-refractivity contribution is 5.84. The van der Waals surface area contributed by atoms with Gasteiger partial charge in [-0.15, -0.1) is 0 Å². The van der Waals surface area contributed by atoms with Crippen LogP contribution in [0.3, 0.4) is 0 Å². The van der Waals surface area contributed by atoms with Gasteiger partial charge >= 0.3 is 0 Å². The first-order chi connectivity index (χ1) is 25.6. The Bertz CT molecular complexity index is 1390. The molecule has 0 radical (unpaired) electrons. The van der Waals surface area contributed by atoms with Crippen LogP contribution in [0.1, 0.15) is 165 Å². The predicted molar refractivity (Wildman–Crippen MR) is 220 cm³/mol. The van der Waals surface area contributed by atoms with E-state index in [1.165, 1.54) is 116 Å². The van der Waals surface area contributed by atoms with Crippen molar-refractivity contribution in [3.8, 4) is 23.0 Å². The quantitative estimate of drug-likeness (QED) is 0.0532. The van der Waals surface area contributed by atoms with Crippen LogP contribution in [0.2, 0.25) is 0 Å². The fourth-order valence-electron chi connectivity index (χ4n) is 6.34. The van der Waals surface area contributed by atoms with Crippen LogP contribution in [0.25, 0.3) is 0 Å². The third kappa shape index (κ3) is 18.6. The number of phenols is 2. The van der Waals surface area contributed by atoms with Gasteiger partial charge in [-0.3, -0.25) is 9.98 Å². The fraction of sp³-hybridized carbons (Fsp3) is 0.565. The maximum Gasteiger partial charge on any atom is 0.128 e. The highest BCUT2D eigenvalue weighted by Crippen LogP contribution is 2.26. The monoisotopic (exact) mass is 713 g/mol. The Morgan fingerprint density at radius 3 is 1.38 bits per heavy atom. The van der Waals surface area contributed by atoms with Gasteiger partial charge in [0.25, 0.3) is 0 Å². The van der Waals surface area contributed by atoms with Gasteiger partial charge in [0.05, 0.1) is 25.8 Å². The van der Waals surface area contributed by atoms with Crippen molar-refractivity contribution in [3.63, 3.8) is 0 Å². The van der Waals surface area contributed by atoms with Crippen LogP contribution in [0.15, 0.2) is 76.7 Å². The number of aliphatic imine (C=N–C) groups is 2. The number of rotatable bonds is 30. The molecule has 52 heavy (non-hydrogen) atoms. The average molecular weight is 713 g/mol. The summed E-state index contributed by atoms with van der Waals surface area (Å²) in [5.41, 5.74) is 2.28. The lowest BCUT2D eigenvalue weighted by molar-refractivity contribution is 0.302. The standard InChI is InChI=1S/C46H68N2O4/c1-3-5-7-9-11-13-15-17-19-24-32-51-42-30-28-40(45(49)34-42)36-47-38-44(39-26-22-21-23-27-39)48-37-41-29-31-43(35-46(41)50)52-33-25-20-18-16-14-12-10-8-6-4-2/h21-23,26-31,34-37,44,49-50H,3-20,24-25,32-33,38H2,1-2H3/t44-/m0/s1. The van der Waals surface area contributed by atoms with Crippen molar-refractivity contribution in [2.24, 2.45) is 9.98 Å². The molecule has 0 bridgehead atoms. The number of aromatic hydroxyl groups is 2. The van der Waals surface area contributed by atoms with Crippen molar-refractivity contribution in [1.29, 1.82) is 0 Å². The van der Waals surface area contributed by atoms with E-state index >= 15 is 0 Å². The lowest BCUT2D eigenvalue weighted by Gasteiger charge is -2.11. The van der Waals surface area contributed by atoms with Crippen LogP contribution in [0.4, 0.5) is 0 Å². The van der Waals surface area contributed by atoms with Crippen molar-refractivity contribution < 1.29 is 19.7 Å². The predicted octanol–water partition coefficient (Wildman–Crippen LogP) is 13.0. The number of unbranched alkanes of at least 4 members (excludes halogenated alkanes) is 18. The van der Waals surface area contributed by atoms with Crippen molar-refractivity contribution in [1.82, 2.24) is 0 Å². The third-order valence-electron chi connectivity index (χ3n) is 9.62. The lowest BCUT2D eigenvalue weighted by Crippen LogP contribution is -2.02. The summed E-state index contributed by atoms with van der Waals surface area (Å²) in [6, 6.07) is 20.5. The van der Waals surface area contributed by atoms with E-state index in [1.807, 2.05) is 54.6 Å². The first kappa shape index (κ1) is 42.6. The van der Waals surface area contributed by atoms with E-state index in [1.54, 1.807) is 24.6 Å². The van der Waals surface area contributed by atoms with Crippen LogP contribution in [0.5, 0.6) is 23.0 Å². The molecule has 286 valence electrons. The van der Waals surface area contributed by atoms with Gasteiger partial charge in [-0.25, -0.2) is 0 Å². The highest BCUT2D eigenvalue weighted by atomic mass is 16.5. The fourth-order valence-corrected chi connectivity index (χ4v) is 6.34. The Kier molecular flexibility index (Phi) is 22.8. The van der Waals surface area contributed by atoms with Gasteiger partial charge in [-0.2, -0.15) is 0 Å². The molecular formula is C46H68N2O4. The molecule has 0 aliphatic carbocycles. The van der Waals surface area contributed by atoms with E-state index in [0.29, 0.717) is 42.4 Å². The summed E-state index contributed by atoms with van der Waals surface area (Å²) in [6.07, 6.45) is 29.2. The summed E-state index contributed by atoms with van der Waals surface area (Å²) >= 11 is 0. The minimum Gasteiger partial charge on any atom is -0.507 e. The minimum absolute atomic E-state index is 0.139. The molecule has 3 rings (SSSR count). The molecule has 3 aromatic carbocycles. The van der Waals surface area contributed by atoms with Gasteiger partial charge in [-0.05, 0) is 42.7 Å². The molecule has 3 aromatic rings. The molecule has 0 aromatic heterocycles. The Morgan fingerprint density at radius 1 is 0.519 bits per heavy atom.